The Hall–Kier alpha value is -2.44. The molecule has 4 aromatic heterocycles. The molecule has 0 bridgehead atoms. The van der Waals surface area contributed by atoms with Gasteiger partial charge in [-0.05, 0) is 12.1 Å². The molecule has 0 spiro atoms. The molecular formula is C14H10ClN5O. The fourth-order valence-electron chi connectivity index (χ4n) is 2.34. The summed E-state index contributed by atoms with van der Waals surface area (Å²) in [5, 5.41) is 15.3. The highest BCUT2D eigenvalue weighted by molar-refractivity contribution is 6.33. The summed E-state index contributed by atoms with van der Waals surface area (Å²) in [7, 11) is 0. The van der Waals surface area contributed by atoms with Crippen LogP contribution < -0.4 is 0 Å². The lowest BCUT2D eigenvalue weighted by molar-refractivity contribution is 0.212. The van der Waals surface area contributed by atoms with Gasteiger partial charge >= 0.3 is 0 Å². The molecule has 6 nitrogen and oxygen atoms in total. The summed E-state index contributed by atoms with van der Waals surface area (Å²) in [5.74, 6) is 0. The number of rotatable bonds is 2. The number of hydrogen-bond donors (Lipinski definition) is 1. The minimum Gasteiger partial charge on any atom is -0.382 e. The van der Waals surface area contributed by atoms with Crippen LogP contribution in [-0.2, 0) is 0 Å². The Kier molecular flexibility index (Phi) is 2.66. The first-order valence-corrected chi connectivity index (χ1v) is 6.70. The van der Waals surface area contributed by atoms with Gasteiger partial charge in [0.15, 0.2) is 5.65 Å². The highest BCUT2D eigenvalue weighted by Crippen LogP contribution is 2.24. The molecule has 1 N–H and O–H groups in total. The van der Waals surface area contributed by atoms with Gasteiger partial charge < -0.3 is 9.51 Å². The molecule has 0 saturated carbocycles. The van der Waals surface area contributed by atoms with Crippen molar-refractivity contribution in [2.75, 3.05) is 0 Å². The topological polar surface area (TPSA) is 67.7 Å². The van der Waals surface area contributed by atoms with Gasteiger partial charge in [-0.1, -0.05) is 17.7 Å². The SMILES string of the molecule is OC(c1ccc2nccn2c1)c1cnc2c(Cl)ccnn12. The van der Waals surface area contributed by atoms with Crippen LogP contribution in [0.2, 0.25) is 5.02 Å². The van der Waals surface area contributed by atoms with Crippen LogP contribution >= 0.6 is 11.6 Å². The van der Waals surface area contributed by atoms with Crippen molar-refractivity contribution in [1.29, 1.82) is 0 Å². The zero-order valence-corrected chi connectivity index (χ0v) is 11.5. The Morgan fingerprint density at radius 3 is 2.95 bits per heavy atom. The Morgan fingerprint density at radius 1 is 1.14 bits per heavy atom. The van der Waals surface area contributed by atoms with Crippen molar-refractivity contribution in [3.05, 3.63) is 65.5 Å². The van der Waals surface area contributed by atoms with E-state index in [4.69, 9.17) is 11.6 Å². The summed E-state index contributed by atoms with van der Waals surface area (Å²) in [6.45, 7) is 0. The van der Waals surface area contributed by atoms with Crippen molar-refractivity contribution in [2.45, 2.75) is 6.10 Å². The molecule has 4 aromatic rings. The lowest BCUT2D eigenvalue weighted by Crippen LogP contribution is -2.06. The third-order valence-electron chi connectivity index (χ3n) is 3.39. The van der Waals surface area contributed by atoms with E-state index in [0.29, 0.717) is 16.4 Å². The van der Waals surface area contributed by atoms with Crippen LogP contribution in [0, 0.1) is 0 Å². The van der Waals surface area contributed by atoms with Crippen molar-refractivity contribution in [3.63, 3.8) is 0 Å². The van der Waals surface area contributed by atoms with E-state index in [1.54, 1.807) is 29.2 Å². The van der Waals surface area contributed by atoms with E-state index in [-0.39, 0.29) is 0 Å². The number of aliphatic hydroxyl groups is 1. The maximum absolute atomic E-state index is 10.6. The number of nitrogens with zero attached hydrogens (tertiary/aromatic N) is 5. The Balaban J connectivity index is 1.85. The molecule has 1 unspecified atom stereocenters. The number of halogens is 1. The molecule has 0 aliphatic carbocycles. The molecule has 104 valence electrons. The highest BCUT2D eigenvalue weighted by atomic mass is 35.5. The van der Waals surface area contributed by atoms with Crippen LogP contribution in [0.5, 0.6) is 0 Å². The molecular weight excluding hydrogens is 290 g/mol. The van der Waals surface area contributed by atoms with Crippen LogP contribution in [0.25, 0.3) is 11.3 Å². The average Bonchev–Trinajstić information content (AvgIpc) is 3.13. The molecule has 1 atom stereocenters. The molecule has 7 heteroatoms. The molecule has 0 aliphatic heterocycles. The lowest BCUT2D eigenvalue weighted by atomic mass is 10.1. The van der Waals surface area contributed by atoms with Gasteiger partial charge in [0.1, 0.15) is 11.8 Å². The molecule has 21 heavy (non-hydrogen) atoms. The Bertz CT molecular complexity index is 945. The van der Waals surface area contributed by atoms with Crippen molar-refractivity contribution >= 4 is 22.9 Å². The van der Waals surface area contributed by atoms with Gasteiger partial charge in [0.2, 0.25) is 0 Å². The van der Waals surface area contributed by atoms with Crippen LogP contribution in [0.1, 0.15) is 17.4 Å². The Labute approximate surface area is 124 Å². The van der Waals surface area contributed by atoms with Crippen molar-refractivity contribution in [1.82, 2.24) is 24.0 Å². The van der Waals surface area contributed by atoms with Crippen LogP contribution in [0.4, 0.5) is 0 Å². The monoisotopic (exact) mass is 299 g/mol. The van der Waals surface area contributed by atoms with Gasteiger partial charge in [-0.15, -0.1) is 0 Å². The van der Waals surface area contributed by atoms with Crippen molar-refractivity contribution in [2.24, 2.45) is 0 Å². The molecule has 4 rings (SSSR count). The van der Waals surface area contributed by atoms with Crippen LogP contribution in [-0.4, -0.2) is 29.1 Å². The number of aliphatic hydroxyl groups excluding tert-OH is 1. The molecule has 0 fully saturated rings. The second-order valence-corrected chi connectivity index (χ2v) is 5.06. The van der Waals surface area contributed by atoms with E-state index >= 15 is 0 Å². The maximum atomic E-state index is 10.6. The van der Waals surface area contributed by atoms with E-state index in [9.17, 15) is 5.11 Å². The largest absolute Gasteiger partial charge is 0.382 e. The van der Waals surface area contributed by atoms with Gasteiger partial charge in [-0.25, -0.2) is 14.5 Å². The summed E-state index contributed by atoms with van der Waals surface area (Å²) in [6, 6.07) is 5.34. The fraction of sp³-hybridized carbons (Fsp3) is 0.0714. The molecule has 4 heterocycles. The van der Waals surface area contributed by atoms with E-state index < -0.39 is 6.10 Å². The first-order valence-electron chi connectivity index (χ1n) is 6.33. The Morgan fingerprint density at radius 2 is 2.05 bits per heavy atom. The predicted molar refractivity (Wildman–Crippen MR) is 77.3 cm³/mol. The maximum Gasteiger partial charge on any atom is 0.172 e. The molecule has 0 saturated heterocycles. The summed E-state index contributed by atoms with van der Waals surface area (Å²) >= 11 is 6.07. The molecule has 0 radical (unpaired) electrons. The first kappa shape index (κ1) is 12.3. The van der Waals surface area contributed by atoms with E-state index in [1.165, 1.54) is 0 Å². The number of imidazole rings is 2. The zero-order valence-electron chi connectivity index (χ0n) is 10.8. The average molecular weight is 300 g/mol. The second-order valence-electron chi connectivity index (χ2n) is 4.66. The summed E-state index contributed by atoms with van der Waals surface area (Å²) in [5.41, 5.74) is 2.64. The van der Waals surface area contributed by atoms with E-state index in [2.05, 4.69) is 15.1 Å². The molecule has 0 aromatic carbocycles. The second kappa shape index (κ2) is 4.54. The number of pyridine rings is 1. The minimum absolute atomic E-state index is 0.494. The summed E-state index contributed by atoms with van der Waals surface area (Å²) in [6.07, 6.45) is 7.67. The third-order valence-corrected chi connectivity index (χ3v) is 3.68. The lowest BCUT2D eigenvalue weighted by Gasteiger charge is -2.10. The first-order chi connectivity index (χ1) is 10.2. The molecule has 0 amide bonds. The fourth-order valence-corrected chi connectivity index (χ4v) is 2.52. The normalized spacial score (nSPS) is 13.0. The van der Waals surface area contributed by atoms with Gasteiger partial charge in [0, 0.05) is 30.4 Å². The zero-order chi connectivity index (χ0) is 14.4. The van der Waals surface area contributed by atoms with E-state index in [0.717, 1.165) is 11.2 Å². The smallest absolute Gasteiger partial charge is 0.172 e. The van der Waals surface area contributed by atoms with Crippen LogP contribution in [0.15, 0.2) is 49.2 Å². The van der Waals surface area contributed by atoms with E-state index in [1.807, 2.05) is 28.9 Å². The van der Waals surface area contributed by atoms with Crippen molar-refractivity contribution < 1.29 is 5.11 Å². The number of aromatic nitrogens is 5. The minimum atomic E-state index is -0.849. The summed E-state index contributed by atoms with van der Waals surface area (Å²) < 4.78 is 3.40. The summed E-state index contributed by atoms with van der Waals surface area (Å²) in [4.78, 5) is 8.38. The molecule has 0 aliphatic rings. The van der Waals surface area contributed by atoms with Crippen LogP contribution in [0.3, 0.4) is 0 Å². The number of fused-ring (bicyclic) bond motifs is 2. The highest BCUT2D eigenvalue weighted by Gasteiger charge is 2.17. The quantitative estimate of drug-likeness (QED) is 0.615. The van der Waals surface area contributed by atoms with Gasteiger partial charge in [0.05, 0.1) is 16.9 Å². The predicted octanol–water partition coefficient (Wildman–Crippen LogP) is 2.11. The third kappa shape index (κ3) is 1.88. The number of hydrogen-bond acceptors (Lipinski definition) is 4. The standard InChI is InChI=1S/C14H10ClN5O/c15-10-3-4-18-20-11(7-17-14(10)20)13(21)9-1-2-12-16-5-6-19(12)8-9/h1-8,13,21H. The van der Waals surface area contributed by atoms with Crippen molar-refractivity contribution in [3.8, 4) is 0 Å². The van der Waals surface area contributed by atoms with Gasteiger partial charge in [0.25, 0.3) is 0 Å². The van der Waals surface area contributed by atoms with Gasteiger partial charge in [-0.2, -0.15) is 5.10 Å². The van der Waals surface area contributed by atoms with Gasteiger partial charge in [-0.3, -0.25) is 0 Å².